The summed E-state index contributed by atoms with van der Waals surface area (Å²) in [7, 11) is -4.06. The van der Waals surface area contributed by atoms with Gasteiger partial charge in [0.2, 0.25) is 19.6 Å². The molecular weight excluding hydrogens is 587 g/mol. The third-order valence-corrected chi connectivity index (χ3v) is 9.37. The number of rotatable bonds is 14. The lowest BCUT2D eigenvalue weighted by atomic mass is 9.97. The summed E-state index contributed by atoms with van der Waals surface area (Å²) in [5.41, 5.74) is 1.86. The molecule has 0 aliphatic rings. The zero-order valence-corrected chi connectivity index (χ0v) is 27.6. The maximum atomic E-state index is 14.7. The Bertz CT molecular complexity index is 1320. The molecule has 3 N–H and O–H groups in total. The molecule has 2 amide bonds. The van der Waals surface area contributed by atoms with Crippen LogP contribution in [-0.2, 0) is 39.4 Å². The summed E-state index contributed by atoms with van der Waals surface area (Å²) in [5.74, 6) is -5.19. The lowest BCUT2D eigenvalue weighted by Crippen LogP contribution is -2.45. The Hall–Kier alpha value is -3.69. The fraction of sp³-hybridized carbons (Fsp3) is 0.500. The Morgan fingerprint density at radius 3 is 1.95 bits per heavy atom. The molecular formula is C32H45N2O9P. The van der Waals surface area contributed by atoms with Gasteiger partial charge in [-0.2, -0.15) is 0 Å². The van der Waals surface area contributed by atoms with Crippen molar-refractivity contribution >= 4 is 31.3 Å². The van der Waals surface area contributed by atoms with Crippen molar-refractivity contribution < 1.29 is 42.8 Å². The normalized spacial score (nSPS) is 15.7. The number of hydrogen-bond acceptors (Lipinski definition) is 8. The van der Waals surface area contributed by atoms with E-state index in [2.05, 4.69) is 10.6 Å². The number of nitrogens with one attached hydrogen (secondary N) is 2. The summed E-state index contributed by atoms with van der Waals surface area (Å²) < 4.78 is 31.3. The third kappa shape index (κ3) is 11.8. The molecule has 0 aliphatic carbocycles. The number of ether oxygens (including phenoxy) is 2. The van der Waals surface area contributed by atoms with Crippen LogP contribution in [0.2, 0.25) is 0 Å². The molecule has 0 bridgehead atoms. The van der Waals surface area contributed by atoms with Gasteiger partial charge in [-0.05, 0) is 57.7 Å². The first-order valence-electron chi connectivity index (χ1n) is 14.5. The SMILES string of the molecule is CC(=O)O[C@@H](OP(=O)(CC(Cc1ccc(-c2ccccc2)cc1)C(=O)N[C@@H](C)C(=O)O)[C@H](C)NC(=O)OC(C)(C)C)C(C)C. The van der Waals surface area contributed by atoms with Crippen LogP contribution in [0, 0.1) is 11.8 Å². The van der Waals surface area contributed by atoms with Crippen molar-refractivity contribution in [3.05, 3.63) is 60.2 Å². The zero-order valence-electron chi connectivity index (χ0n) is 26.7. The highest BCUT2D eigenvalue weighted by atomic mass is 31.2. The van der Waals surface area contributed by atoms with E-state index in [1.807, 2.05) is 54.6 Å². The molecule has 2 unspecified atom stereocenters. The molecule has 0 fully saturated rings. The van der Waals surface area contributed by atoms with Crippen molar-refractivity contribution in [1.82, 2.24) is 10.6 Å². The van der Waals surface area contributed by atoms with E-state index in [9.17, 15) is 28.8 Å². The number of carboxylic acid groups (broad SMARTS) is 1. The standard InChI is InChI=1S/C32H45N2O9P/c1-20(2)30(41-23(5)35)43-44(40,22(4)34-31(39)42-32(6,7)8)19-27(28(36)33-21(3)29(37)38)18-24-14-16-26(17-15-24)25-12-10-9-11-13-25/h9-17,20-22,27,30H,18-19H2,1-8H3,(H,33,36)(H,34,39)(H,37,38)/t21-,22+,27?,30-,44?/m0/s1. The Balaban J connectivity index is 2.49. The molecule has 2 aromatic rings. The van der Waals surface area contributed by atoms with Crippen LogP contribution >= 0.6 is 7.37 Å². The van der Waals surface area contributed by atoms with Gasteiger partial charge in [0.05, 0.1) is 5.92 Å². The van der Waals surface area contributed by atoms with E-state index in [0.29, 0.717) is 0 Å². The second-order valence-electron chi connectivity index (χ2n) is 12.1. The van der Waals surface area contributed by atoms with Crippen molar-refractivity contribution in [2.45, 2.75) is 85.5 Å². The molecule has 0 radical (unpaired) electrons. The van der Waals surface area contributed by atoms with E-state index >= 15 is 0 Å². The second kappa shape index (κ2) is 15.9. The number of hydrogen-bond donors (Lipinski definition) is 3. The highest BCUT2D eigenvalue weighted by molar-refractivity contribution is 7.59. The van der Waals surface area contributed by atoms with Gasteiger partial charge in [-0.1, -0.05) is 68.4 Å². The largest absolute Gasteiger partial charge is 0.480 e. The topological polar surface area (TPSA) is 157 Å². The van der Waals surface area contributed by atoms with Gasteiger partial charge in [-0.25, -0.2) is 4.79 Å². The lowest BCUT2D eigenvalue weighted by Gasteiger charge is -2.33. The number of esters is 1. The number of carboxylic acids is 1. The molecule has 242 valence electrons. The van der Waals surface area contributed by atoms with Gasteiger partial charge in [0.15, 0.2) is 0 Å². The van der Waals surface area contributed by atoms with E-state index in [1.54, 1.807) is 34.6 Å². The fourth-order valence-electron chi connectivity index (χ4n) is 4.18. The predicted molar refractivity (Wildman–Crippen MR) is 167 cm³/mol. The summed E-state index contributed by atoms with van der Waals surface area (Å²) in [6.45, 7) is 12.4. The van der Waals surface area contributed by atoms with Crippen LogP contribution in [0.25, 0.3) is 11.1 Å². The molecule has 12 heteroatoms. The number of benzene rings is 2. The molecule has 0 heterocycles. The number of carbonyl (C=O) groups is 4. The minimum absolute atomic E-state index is 0.0830. The van der Waals surface area contributed by atoms with Gasteiger partial charge in [-0.15, -0.1) is 0 Å². The summed E-state index contributed by atoms with van der Waals surface area (Å²) in [6, 6.07) is 16.0. The molecule has 0 aromatic heterocycles. The van der Waals surface area contributed by atoms with E-state index < -0.39 is 73.0 Å². The van der Waals surface area contributed by atoms with Crippen LogP contribution in [0.4, 0.5) is 4.79 Å². The Morgan fingerprint density at radius 2 is 1.45 bits per heavy atom. The molecule has 44 heavy (non-hydrogen) atoms. The van der Waals surface area contributed by atoms with Gasteiger partial charge in [0.1, 0.15) is 17.4 Å². The fourth-order valence-corrected chi connectivity index (χ4v) is 6.61. The van der Waals surface area contributed by atoms with Crippen LogP contribution in [-0.4, -0.2) is 58.9 Å². The van der Waals surface area contributed by atoms with Gasteiger partial charge in [-0.3, -0.25) is 23.5 Å². The average molecular weight is 633 g/mol. The van der Waals surface area contributed by atoms with E-state index in [1.165, 1.54) is 20.8 Å². The molecule has 0 aliphatic heterocycles. The Morgan fingerprint density at radius 1 is 0.886 bits per heavy atom. The molecule has 0 saturated heterocycles. The van der Waals surface area contributed by atoms with Gasteiger partial charge in [0.25, 0.3) is 0 Å². The van der Waals surface area contributed by atoms with E-state index in [0.717, 1.165) is 16.7 Å². The number of amides is 2. The molecule has 11 nitrogen and oxygen atoms in total. The maximum Gasteiger partial charge on any atom is 0.408 e. The number of aliphatic carboxylic acids is 1. The average Bonchev–Trinajstić information content (AvgIpc) is 2.91. The molecule has 0 saturated carbocycles. The number of alkyl carbamates (subject to hydrolysis) is 1. The summed E-state index contributed by atoms with van der Waals surface area (Å²) in [5, 5.41) is 14.4. The first-order valence-corrected chi connectivity index (χ1v) is 16.4. The van der Waals surface area contributed by atoms with Crippen LogP contribution in [0.1, 0.15) is 61.0 Å². The number of carbonyl (C=O) groups excluding carboxylic acids is 3. The van der Waals surface area contributed by atoms with Gasteiger partial charge < -0.3 is 25.2 Å². The molecule has 2 rings (SSSR count). The van der Waals surface area contributed by atoms with Crippen molar-refractivity contribution in [2.24, 2.45) is 11.8 Å². The minimum Gasteiger partial charge on any atom is -0.480 e. The second-order valence-corrected chi connectivity index (χ2v) is 14.9. The van der Waals surface area contributed by atoms with Gasteiger partial charge >= 0.3 is 18.0 Å². The first-order chi connectivity index (χ1) is 20.4. The van der Waals surface area contributed by atoms with Crippen LogP contribution in [0.5, 0.6) is 0 Å². The van der Waals surface area contributed by atoms with Crippen LogP contribution < -0.4 is 10.6 Å². The zero-order chi connectivity index (χ0) is 33.2. The van der Waals surface area contributed by atoms with Gasteiger partial charge in [0, 0.05) is 19.0 Å². The van der Waals surface area contributed by atoms with Crippen LogP contribution in [0.15, 0.2) is 54.6 Å². The summed E-state index contributed by atoms with van der Waals surface area (Å²) in [6.07, 6.45) is -2.40. The smallest absolute Gasteiger partial charge is 0.408 e. The summed E-state index contributed by atoms with van der Waals surface area (Å²) in [4.78, 5) is 49.5. The Kier molecular flexibility index (Phi) is 13.2. The van der Waals surface area contributed by atoms with E-state index in [4.69, 9.17) is 14.0 Å². The first kappa shape index (κ1) is 36.5. The maximum absolute atomic E-state index is 14.7. The van der Waals surface area contributed by atoms with E-state index in [-0.39, 0.29) is 6.42 Å². The highest BCUT2D eigenvalue weighted by Crippen LogP contribution is 2.54. The van der Waals surface area contributed by atoms with Crippen LogP contribution in [0.3, 0.4) is 0 Å². The molecule has 5 atom stereocenters. The quantitative estimate of drug-likeness (QED) is 0.133. The molecule has 0 spiro atoms. The molecule has 2 aromatic carbocycles. The minimum atomic E-state index is -4.06. The Labute approximate surface area is 259 Å². The summed E-state index contributed by atoms with van der Waals surface area (Å²) >= 11 is 0. The van der Waals surface area contributed by atoms with Crippen molar-refractivity contribution in [3.63, 3.8) is 0 Å². The highest BCUT2D eigenvalue weighted by Gasteiger charge is 2.41. The van der Waals surface area contributed by atoms with Crippen molar-refractivity contribution in [3.8, 4) is 11.1 Å². The van der Waals surface area contributed by atoms with Crippen molar-refractivity contribution in [2.75, 3.05) is 6.16 Å². The monoisotopic (exact) mass is 632 g/mol. The lowest BCUT2D eigenvalue weighted by molar-refractivity contribution is -0.166. The third-order valence-electron chi connectivity index (χ3n) is 6.54. The van der Waals surface area contributed by atoms with Crippen molar-refractivity contribution in [1.29, 1.82) is 0 Å². The predicted octanol–water partition coefficient (Wildman–Crippen LogP) is 5.81.